The van der Waals surface area contributed by atoms with E-state index in [1.165, 1.54) is 0 Å². The second-order valence-corrected chi connectivity index (χ2v) is 4.70. The van der Waals surface area contributed by atoms with Crippen LogP contribution < -0.4 is 5.32 Å². The molecule has 2 N–H and O–H groups in total. The molecule has 4 heteroatoms. The summed E-state index contributed by atoms with van der Waals surface area (Å²) in [5.74, 6) is 0.195. The standard InChI is InChI=1S/C10H11BrClNO/c11-6-3-4-7(12)10(14)9(6)8-2-1-5-13-8/h3-4,8,13-14H,1-2,5H2/t8-/m1/s1. The molecule has 0 saturated carbocycles. The molecule has 1 aromatic carbocycles. The average molecular weight is 277 g/mol. The van der Waals surface area contributed by atoms with Gasteiger partial charge in [0.05, 0.1) is 5.02 Å². The molecule has 2 nitrogen and oxygen atoms in total. The van der Waals surface area contributed by atoms with E-state index in [1.54, 1.807) is 6.07 Å². The summed E-state index contributed by atoms with van der Waals surface area (Å²) >= 11 is 9.30. The summed E-state index contributed by atoms with van der Waals surface area (Å²) in [5, 5.41) is 13.6. The van der Waals surface area contributed by atoms with Gasteiger partial charge in [-0.05, 0) is 31.5 Å². The first kappa shape index (κ1) is 10.3. The van der Waals surface area contributed by atoms with Gasteiger partial charge in [-0.2, -0.15) is 0 Å². The first-order chi connectivity index (χ1) is 6.70. The van der Waals surface area contributed by atoms with Crippen LogP contribution in [0.2, 0.25) is 5.02 Å². The molecule has 1 heterocycles. The van der Waals surface area contributed by atoms with E-state index in [9.17, 15) is 5.11 Å². The van der Waals surface area contributed by atoms with Crippen LogP contribution >= 0.6 is 27.5 Å². The zero-order valence-electron chi connectivity index (χ0n) is 7.56. The van der Waals surface area contributed by atoms with Crippen LogP contribution in [0.4, 0.5) is 0 Å². The van der Waals surface area contributed by atoms with Crippen molar-refractivity contribution in [3.8, 4) is 5.75 Å². The van der Waals surface area contributed by atoms with Crippen molar-refractivity contribution in [2.24, 2.45) is 0 Å². The van der Waals surface area contributed by atoms with Crippen LogP contribution in [0.15, 0.2) is 16.6 Å². The van der Waals surface area contributed by atoms with Gasteiger partial charge in [0.15, 0.2) is 0 Å². The van der Waals surface area contributed by atoms with Crippen molar-refractivity contribution in [2.45, 2.75) is 18.9 Å². The van der Waals surface area contributed by atoms with Crippen molar-refractivity contribution in [2.75, 3.05) is 6.54 Å². The molecule has 1 saturated heterocycles. The van der Waals surface area contributed by atoms with E-state index in [2.05, 4.69) is 21.2 Å². The van der Waals surface area contributed by atoms with Gasteiger partial charge in [-0.1, -0.05) is 27.5 Å². The molecule has 0 unspecified atom stereocenters. The Bertz CT molecular complexity index is 350. The van der Waals surface area contributed by atoms with Crippen LogP contribution in [0.25, 0.3) is 0 Å². The Morgan fingerprint density at radius 3 is 2.93 bits per heavy atom. The third-order valence-corrected chi connectivity index (χ3v) is 3.52. The van der Waals surface area contributed by atoms with E-state index in [4.69, 9.17) is 11.6 Å². The topological polar surface area (TPSA) is 32.3 Å². The average Bonchev–Trinajstić information content (AvgIpc) is 2.65. The minimum Gasteiger partial charge on any atom is -0.506 e. The van der Waals surface area contributed by atoms with Crippen LogP contribution in [0.1, 0.15) is 24.4 Å². The highest BCUT2D eigenvalue weighted by Crippen LogP contribution is 2.39. The fourth-order valence-corrected chi connectivity index (χ4v) is 2.58. The zero-order valence-corrected chi connectivity index (χ0v) is 9.90. The smallest absolute Gasteiger partial charge is 0.140 e. The number of halogens is 2. The summed E-state index contributed by atoms with van der Waals surface area (Å²) in [6, 6.07) is 3.79. The molecule has 0 aliphatic carbocycles. The van der Waals surface area contributed by atoms with Crippen LogP contribution in [-0.2, 0) is 0 Å². The van der Waals surface area contributed by atoms with Gasteiger partial charge >= 0.3 is 0 Å². The van der Waals surface area contributed by atoms with Crippen LogP contribution in [0.5, 0.6) is 5.75 Å². The molecule has 1 fully saturated rings. The summed E-state index contributed by atoms with van der Waals surface area (Å²) < 4.78 is 0.916. The van der Waals surface area contributed by atoms with Gasteiger partial charge in [0.2, 0.25) is 0 Å². The lowest BCUT2D eigenvalue weighted by Crippen LogP contribution is -2.13. The molecule has 2 rings (SSSR count). The minimum absolute atomic E-state index is 0.195. The maximum absolute atomic E-state index is 9.84. The van der Waals surface area contributed by atoms with Crippen LogP contribution in [0, 0.1) is 0 Å². The van der Waals surface area contributed by atoms with E-state index >= 15 is 0 Å². The lowest BCUT2D eigenvalue weighted by Gasteiger charge is -2.15. The van der Waals surface area contributed by atoms with Gasteiger partial charge in [0.1, 0.15) is 5.75 Å². The second-order valence-electron chi connectivity index (χ2n) is 3.44. The van der Waals surface area contributed by atoms with Gasteiger partial charge in [-0.25, -0.2) is 0 Å². The Kier molecular flexibility index (Phi) is 3.00. The molecular weight excluding hydrogens is 265 g/mol. The number of rotatable bonds is 1. The molecule has 0 aromatic heterocycles. The van der Waals surface area contributed by atoms with Crippen molar-refractivity contribution in [3.63, 3.8) is 0 Å². The normalized spacial score (nSPS) is 21.4. The number of phenolic OH excluding ortho intramolecular Hbond substituents is 1. The van der Waals surface area contributed by atoms with E-state index in [0.29, 0.717) is 5.02 Å². The first-order valence-electron chi connectivity index (χ1n) is 4.60. The van der Waals surface area contributed by atoms with Crippen molar-refractivity contribution >= 4 is 27.5 Å². The fraction of sp³-hybridized carbons (Fsp3) is 0.400. The Balaban J connectivity index is 2.44. The molecule has 0 spiro atoms. The molecule has 1 aliphatic heterocycles. The Morgan fingerprint density at radius 1 is 1.50 bits per heavy atom. The predicted octanol–water partition coefficient (Wildman–Crippen LogP) is 3.23. The van der Waals surface area contributed by atoms with Gasteiger partial charge in [-0.15, -0.1) is 0 Å². The summed E-state index contributed by atoms with van der Waals surface area (Å²) in [5.41, 5.74) is 0.884. The summed E-state index contributed by atoms with van der Waals surface area (Å²) in [6.45, 7) is 1.00. The third kappa shape index (κ3) is 1.76. The SMILES string of the molecule is Oc1c(Cl)ccc(Br)c1[C@H]1CCCN1. The highest BCUT2D eigenvalue weighted by atomic mass is 79.9. The monoisotopic (exact) mass is 275 g/mol. The van der Waals surface area contributed by atoms with Crippen molar-refractivity contribution < 1.29 is 5.11 Å². The van der Waals surface area contributed by atoms with Crippen molar-refractivity contribution in [3.05, 3.63) is 27.2 Å². The predicted molar refractivity (Wildman–Crippen MR) is 60.8 cm³/mol. The van der Waals surface area contributed by atoms with Crippen LogP contribution in [0.3, 0.4) is 0 Å². The highest BCUT2D eigenvalue weighted by molar-refractivity contribution is 9.10. The number of aromatic hydroxyl groups is 1. The number of benzene rings is 1. The van der Waals surface area contributed by atoms with E-state index in [0.717, 1.165) is 29.4 Å². The molecule has 0 bridgehead atoms. The molecule has 14 heavy (non-hydrogen) atoms. The molecule has 1 aromatic rings. The molecule has 76 valence electrons. The Labute approximate surface area is 96.4 Å². The molecule has 0 amide bonds. The van der Waals surface area contributed by atoms with Gasteiger partial charge in [0.25, 0.3) is 0 Å². The molecule has 0 radical (unpaired) electrons. The maximum Gasteiger partial charge on any atom is 0.140 e. The lowest BCUT2D eigenvalue weighted by molar-refractivity contribution is 0.456. The maximum atomic E-state index is 9.84. The number of nitrogens with one attached hydrogen (secondary N) is 1. The fourth-order valence-electron chi connectivity index (χ4n) is 1.82. The zero-order chi connectivity index (χ0) is 10.1. The van der Waals surface area contributed by atoms with Crippen molar-refractivity contribution in [1.29, 1.82) is 0 Å². The molecular formula is C10H11BrClNO. The second kappa shape index (κ2) is 4.09. The summed E-state index contributed by atoms with van der Waals surface area (Å²) in [7, 11) is 0. The molecule has 1 aliphatic rings. The van der Waals surface area contributed by atoms with E-state index in [1.807, 2.05) is 6.07 Å². The van der Waals surface area contributed by atoms with Crippen molar-refractivity contribution in [1.82, 2.24) is 5.32 Å². The largest absolute Gasteiger partial charge is 0.506 e. The van der Waals surface area contributed by atoms with Gasteiger partial charge in [0, 0.05) is 16.1 Å². The molecule has 1 atom stereocenters. The summed E-state index contributed by atoms with van der Waals surface area (Å²) in [4.78, 5) is 0. The quantitative estimate of drug-likeness (QED) is 0.825. The Morgan fingerprint density at radius 2 is 2.29 bits per heavy atom. The van der Waals surface area contributed by atoms with Gasteiger partial charge < -0.3 is 10.4 Å². The van der Waals surface area contributed by atoms with Crippen LogP contribution in [-0.4, -0.2) is 11.7 Å². The summed E-state index contributed by atoms with van der Waals surface area (Å²) in [6.07, 6.45) is 2.19. The lowest BCUT2D eigenvalue weighted by atomic mass is 10.0. The number of phenols is 1. The Hall–Kier alpha value is -0.250. The van der Waals surface area contributed by atoms with Gasteiger partial charge in [-0.3, -0.25) is 0 Å². The number of hydrogen-bond acceptors (Lipinski definition) is 2. The first-order valence-corrected chi connectivity index (χ1v) is 5.77. The minimum atomic E-state index is 0.195. The third-order valence-electron chi connectivity index (χ3n) is 2.52. The van der Waals surface area contributed by atoms with E-state index < -0.39 is 0 Å². The number of hydrogen-bond donors (Lipinski definition) is 2. The highest BCUT2D eigenvalue weighted by Gasteiger charge is 2.22. The van der Waals surface area contributed by atoms with E-state index in [-0.39, 0.29) is 11.8 Å².